The quantitative estimate of drug-likeness (QED) is 0.325. The van der Waals surface area contributed by atoms with Crippen LogP contribution in [0.1, 0.15) is 31.4 Å². The van der Waals surface area contributed by atoms with Crippen LogP contribution in [-0.4, -0.2) is 44.3 Å². The van der Waals surface area contributed by atoms with Crippen molar-refractivity contribution in [2.24, 2.45) is 0 Å². The van der Waals surface area contributed by atoms with Crippen molar-refractivity contribution in [3.05, 3.63) is 95.8 Å². The molecule has 0 unspecified atom stereocenters. The summed E-state index contributed by atoms with van der Waals surface area (Å²) in [5.41, 5.74) is -1.01. The first-order valence-electron chi connectivity index (χ1n) is 12.4. The van der Waals surface area contributed by atoms with Crippen LogP contribution in [0.25, 0.3) is 0 Å². The van der Waals surface area contributed by atoms with Crippen LogP contribution in [0.5, 0.6) is 0 Å². The summed E-state index contributed by atoms with van der Waals surface area (Å²) in [4.78, 5) is 27.4. The molecule has 12 heteroatoms. The topological polar surface area (TPSA) is 86.8 Å². The fourth-order valence-electron chi connectivity index (χ4n) is 3.85. The Hall–Kier alpha value is -3.93. The Morgan fingerprint density at radius 3 is 2.20 bits per heavy atom. The van der Waals surface area contributed by atoms with Gasteiger partial charge in [-0.3, -0.25) is 13.9 Å². The van der Waals surface area contributed by atoms with Gasteiger partial charge in [-0.2, -0.15) is 13.2 Å². The molecule has 7 nitrogen and oxygen atoms in total. The highest BCUT2D eigenvalue weighted by molar-refractivity contribution is 7.92. The second-order valence-electron chi connectivity index (χ2n) is 8.99. The van der Waals surface area contributed by atoms with E-state index in [2.05, 4.69) is 5.32 Å². The predicted molar refractivity (Wildman–Crippen MR) is 142 cm³/mol. The number of sulfonamides is 1. The second kappa shape index (κ2) is 12.9. The predicted octanol–water partition coefficient (Wildman–Crippen LogP) is 4.98. The van der Waals surface area contributed by atoms with Crippen LogP contribution < -0.4 is 9.62 Å². The number of benzene rings is 3. The highest BCUT2D eigenvalue weighted by atomic mass is 32.2. The van der Waals surface area contributed by atoms with Crippen molar-refractivity contribution in [3.63, 3.8) is 0 Å². The molecule has 0 aliphatic rings. The third-order valence-corrected chi connectivity index (χ3v) is 7.84. The van der Waals surface area contributed by atoms with Crippen LogP contribution in [-0.2, 0) is 32.3 Å². The van der Waals surface area contributed by atoms with Crippen LogP contribution in [0, 0.1) is 5.82 Å². The van der Waals surface area contributed by atoms with E-state index in [1.54, 1.807) is 6.07 Å². The molecule has 0 heterocycles. The van der Waals surface area contributed by atoms with Gasteiger partial charge in [0.05, 0.1) is 16.1 Å². The lowest BCUT2D eigenvalue weighted by Gasteiger charge is -2.32. The zero-order chi connectivity index (χ0) is 29.5. The van der Waals surface area contributed by atoms with E-state index in [0.717, 1.165) is 23.1 Å². The average molecular weight is 580 g/mol. The lowest BCUT2D eigenvalue weighted by atomic mass is 10.1. The van der Waals surface area contributed by atoms with Gasteiger partial charge in [0.1, 0.15) is 18.4 Å². The van der Waals surface area contributed by atoms with Gasteiger partial charge in [0.15, 0.2) is 0 Å². The molecule has 3 rings (SSSR count). The molecule has 0 fully saturated rings. The number of carbonyl (C=O) groups excluding carboxylic acids is 2. The van der Waals surface area contributed by atoms with Crippen LogP contribution in [0.15, 0.2) is 83.8 Å². The smallest absolute Gasteiger partial charge is 0.354 e. The molecule has 0 bridgehead atoms. The molecule has 1 atom stereocenters. The molecule has 0 aromatic heterocycles. The van der Waals surface area contributed by atoms with Gasteiger partial charge in [0, 0.05) is 13.1 Å². The highest BCUT2D eigenvalue weighted by Gasteiger charge is 2.35. The fraction of sp³-hybridized carbons (Fsp3) is 0.286. The molecule has 3 aromatic rings. The van der Waals surface area contributed by atoms with Gasteiger partial charge < -0.3 is 10.2 Å². The summed E-state index contributed by atoms with van der Waals surface area (Å²) in [5, 5.41) is 2.68. The normalized spacial score (nSPS) is 12.4. The van der Waals surface area contributed by atoms with Crippen molar-refractivity contribution in [1.29, 1.82) is 0 Å². The molecule has 3 aromatic carbocycles. The standard InChI is InChI=1S/C28H29F4N3O4S/c1-3-16-33-27(37)20(2)34(18-21-12-14-23(29)15-13-21)26(36)19-35(40(38,39)25-10-5-4-6-11-25)24-9-7-8-22(17-24)28(30,31)32/h4-15,17,20H,3,16,18-19H2,1-2H3,(H,33,37)/t20-/m0/s1. The number of nitrogens with one attached hydrogen (secondary N) is 1. The third-order valence-electron chi connectivity index (χ3n) is 6.05. The lowest BCUT2D eigenvalue weighted by Crippen LogP contribution is -2.51. The van der Waals surface area contributed by atoms with Gasteiger partial charge in [0.2, 0.25) is 11.8 Å². The van der Waals surface area contributed by atoms with Crippen molar-refractivity contribution in [1.82, 2.24) is 10.2 Å². The number of hydrogen-bond acceptors (Lipinski definition) is 4. The first-order chi connectivity index (χ1) is 18.8. The highest BCUT2D eigenvalue weighted by Crippen LogP contribution is 2.33. The summed E-state index contributed by atoms with van der Waals surface area (Å²) in [5.74, 6) is -1.87. The number of alkyl halides is 3. The molecular weight excluding hydrogens is 550 g/mol. The third kappa shape index (κ3) is 7.59. The number of halogens is 4. The molecule has 0 aliphatic heterocycles. The van der Waals surface area contributed by atoms with Gasteiger partial charge in [-0.15, -0.1) is 0 Å². The molecule has 2 amide bonds. The van der Waals surface area contributed by atoms with E-state index in [1.165, 1.54) is 55.5 Å². The second-order valence-corrected chi connectivity index (χ2v) is 10.9. The maximum Gasteiger partial charge on any atom is 0.416 e. The van der Waals surface area contributed by atoms with Gasteiger partial charge in [0.25, 0.3) is 10.0 Å². The Morgan fingerprint density at radius 2 is 1.60 bits per heavy atom. The molecule has 0 aliphatic carbocycles. The maximum absolute atomic E-state index is 13.7. The fourth-order valence-corrected chi connectivity index (χ4v) is 5.28. The van der Waals surface area contributed by atoms with E-state index in [1.807, 2.05) is 6.92 Å². The summed E-state index contributed by atoms with van der Waals surface area (Å²) in [7, 11) is -4.52. The summed E-state index contributed by atoms with van der Waals surface area (Å²) < 4.78 is 81.8. The van der Waals surface area contributed by atoms with Crippen LogP contribution >= 0.6 is 0 Å². The molecule has 0 spiro atoms. The van der Waals surface area contributed by atoms with Crippen LogP contribution in [0.2, 0.25) is 0 Å². The van der Waals surface area contributed by atoms with E-state index < -0.39 is 52.0 Å². The number of hydrogen-bond donors (Lipinski definition) is 1. The first kappa shape index (κ1) is 30.6. The number of rotatable bonds is 11. The van der Waals surface area contributed by atoms with Crippen molar-refractivity contribution < 1.29 is 35.6 Å². The van der Waals surface area contributed by atoms with Gasteiger partial charge in [-0.05, 0) is 61.4 Å². The average Bonchev–Trinajstić information content (AvgIpc) is 2.93. The van der Waals surface area contributed by atoms with Crippen molar-refractivity contribution in [3.8, 4) is 0 Å². The van der Waals surface area contributed by atoms with Gasteiger partial charge >= 0.3 is 6.18 Å². The molecule has 40 heavy (non-hydrogen) atoms. The lowest BCUT2D eigenvalue weighted by molar-refractivity contribution is -0.139. The number of nitrogens with zero attached hydrogens (tertiary/aromatic N) is 2. The molecule has 1 N–H and O–H groups in total. The number of amides is 2. The Kier molecular flexibility index (Phi) is 9.91. The van der Waals surface area contributed by atoms with Crippen LogP contribution in [0.3, 0.4) is 0 Å². The van der Waals surface area contributed by atoms with E-state index in [4.69, 9.17) is 0 Å². The Bertz CT molecular complexity index is 1420. The monoisotopic (exact) mass is 579 g/mol. The molecular formula is C28H29F4N3O4S. The van der Waals surface area contributed by atoms with Crippen molar-refractivity contribution in [2.75, 3.05) is 17.4 Å². The molecule has 0 radical (unpaired) electrons. The minimum Gasteiger partial charge on any atom is -0.354 e. The first-order valence-corrected chi connectivity index (χ1v) is 13.8. The Labute approximate surface area is 230 Å². The van der Waals surface area contributed by atoms with E-state index in [9.17, 15) is 35.6 Å². The number of carbonyl (C=O) groups is 2. The van der Waals surface area contributed by atoms with Crippen molar-refractivity contribution in [2.45, 2.75) is 43.9 Å². The van der Waals surface area contributed by atoms with Crippen LogP contribution in [0.4, 0.5) is 23.2 Å². The minimum atomic E-state index is -4.76. The molecule has 0 saturated heterocycles. The summed E-state index contributed by atoms with van der Waals surface area (Å²) >= 11 is 0. The number of anilines is 1. The summed E-state index contributed by atoms with van der Waals surface area (Å²) in [6.07, 6.45) is -4.13. The Morgan fingerprint density at radius 1 is 0.950 bits per heavy atom. The maximum atomic E-state index is 13.7. The van der Waals surface area contributed by atoms with E-state index >= 15 is 0 Å². The SMILES string of the molecule is CCCNC(=O)[C@H](C)N(Cc1ccc(F)cc1)C(=O)CN(c1cccc(C(F)(F)F)c1)S(=O)(=O)c1ccccc1. The van der Waals surface area contributed by atoms with E-state index in [-0.39, 0.29) is 17.1 Å². The van der Waals surface area contributed by atoms with E-state index in [0.29, 0.717) is 28.9 Å². The zero-order valence-electron chi connectivity index (χ0n) is 21.9. The zero-order valence-corrected chi connectivity index (χ0v) is 22.7. The van der Waals surface area contributed by atoms with Gasteiger partial charge in [-0.25, -0.2) is 12.8 Å². The van der Waals surface area contributed by atoms with Gasteiger partial charge in [-0.1, -0.05) is 43.3 Å². The largest absolute Gasteiger partial charge is 0.416 e. The Balaban J connectivity index is 2.06. The molecule has 0 saturated carbocycles. The summed E-state index contributed by atoms with van der Waals surface area (Å²) in [6.45, 7) is 2.55. The minimum absolute atomic E-state index is 0.179. The molecule has 214 valence electrons. The van der Waals surface area contributed by atoms with Crippen molar-refractivity contribution >= 4 is 27.5 Å². The summed E-state index contributed by atoms with van der Waals surface area (Å²) in [6, 6.07) is 14.7.